The number of hydrogen-bond acceptors (Lipinski definition) is 3. The lowest BCUT2D eigenvalue weighted by molar-refractivity contribution is -0.122. The molecule has 14 heavy (non-hydrogen) atoms. The number of carbonyl (C=O) groups excluding carboxylic acids is 1. The van der Waals surface area contributed by atoms with Gasteiger partial charge in [0.2, 0.25) is 5.78 Å². The van der Waals surface area contributed by atoms with Gasteiger partial charge in [-0.2, -0.15) is 0 Å². The Balaban J connectivity index is 1.95. The largest absolute Gasteiger partial charge is 0.490 e. The number of allylic oxidation sites excluding steroid dienone is 1. The summed E-state index contributed by atoms with van der Waals surface area (Å²) >= 11 is 0. The molecule has 0 amide bonds. The molecule has 0 radical (unpaired) electrons. The molecule has 2 rings (SSSR count). The minimum Gasteiger partial charge on any atom is -0.490 e. The first-order valence-corrected chi connectivity index (χ1v) is 5.42. The predicted octanol–water partition coefficient (Wildman–Crippen LogP) is 1.38. The Morgan fingerprint density at radius 1 is 1.50 bits per heavy atom. The SMILES string of the molecule is NC(C(=O)C1=CCCCO1)C1CCC1. The minimum absolute atomic E-state index is 0.00870. The molecule has 1 unspecified atom stereocenters. The van der Waals surface area contributed by atoms with Crippen molar-refractivity contribution >= 4 is 5.78 Å². The van der Waals surface area contributed by atoms with Crippen molar-refractivity contribution in [3.8, 4) is 0 Å². The first kappa shape index (κ1) is 9.71. The molecule has 0 aromatic carbocycles. The van der Waals surface area contributed by atoms with E-state index in [2.05, 4.69) is 0 Å². The predicted molar refractivity (Wildman–Crippen MR) is 53.6 cm³/mol. The fourth-order valence-electron chi connectivity index (χ4n) is 1.91. The van der Waals surface area contributed by atoms with Gasteiger partial charge < -0.3 is 10.5 Å². The van der Waals surface area contributed by atoms with Gasteiger partial charge in [0, 0.05) is 0 Å². The van der Waals surface area contributed by atoms with Crippen molar-refractivity contribution in [2.24, 2.45) is 11.7 Å². The van der Waals surface area contributed by atoms with Crippen LogP contribution in [0.4, 0.5) is 0 Å². The maximum Gasteiger partial charge on any atom is 0.213 e. The van der Waals surface area contributed by atoms with E-state index >= 15 is 0 Å². The molecule has 3 heteroatoms. The fraction of sp³-hybridized carbons (Fsp3) is 0.727. The van der Waals surface area contributed by atoms with Crippen LogP contribution in [0.15, 0.2) is 11.8 Å². The van der Waals surface area contributed by atoms with E-state index in [9.17, 15) is 4.79 Å². The van der Waals surface area contributed by atoms with Gasteiger partial charge in [0.25, 0.3) is 0 Å². The monoisotopic (exact) mass is 195 g/mol. The molecule has 1 aliphatic carbocycles. The quantitative estimate of drug-likeness (QED) is 0.740. The number of Topliss-reactive ketones (excluding diaryl/α,β-unsaturated/α-hetero) is 1. The molecule has 0 saturated heterocycles. The zero-order valence-corrected chi connectivity index (χ0v) is 8.37. The summed E-state index contributed by atoms with van der Waals surface area (Å²) < 4.78 is 5.31. The van der Waals surface area contributed by atoms with Crippen LogP contribution in [0.2, 0.25) is 0 Å². The number of carbonyl (C=O) groups is 1. The first-order valence-electron chi connectivity index (χ1n) is 5.42. The van der Waals surface area contributed by atoms with E-state index in [-0.39, 0.29) is 11.8 Å². The van der Waals surface area contributed by atoms with Crippen molar-refractivity contribution < 1.29 is 9.53 Å². The van der Waals surface area contributed by atoms with Gasteiger partial charge in [-0.3, -0.25) is 4.79 Å². The summed E-state index contributed by atoms with van der Waals surface area (Å²) in [7, 11) is 0. The van der Waals surface area contributed by atoms with Crippen LogP contribution in [0.1, 0.15) is 32.1 Å². The molecule has 0 aromatic heterocycles. The molecule has 0 spiro atoms. The van der Waals surface area contributed by atoms with Crippen LogP contribution in [0.5, 0.6) is 0 Å². The highest BCUT2D eigenvalue weighted by Gasteiger charge is 2.32. The van der Waals surface area contributed by atoms with Gasteiger partial charge >= 0.3 is 0 Å². The normalized spacial score (nSPS) is 24.5. The van der Waals surface area contributed by atoms with Gasteiger partial charge in [0.05, 0.1) is 12.6 Å². The molecule has 78 valence electrons. The second-order valence-electron chi connectivity index (χ2n) is 4.14. The fourth-order valence-corrected chi connectivity index (χ4v) is 1.91. The molecule has 0 bridgehead atoms. The number of rotatable bonds is 3. The second kappa shape index (κ2) is 4.13. The molecular weight excluding hydrogens is 178 g/mol. The summed E-state index contributed by atoms with van der Waals surface area (Å²) in [5, 5.41) is 0. The topological polar surface area (TPSA) is 52.3 Å². The van der Waals surface area contributed by atoms with Crippen molar-refractivity contribution in [1.29, 1.82) is 0 Å². The summed E-state index contributed by atoms with van der Waals surface area (Å²) in [6.45, 7) is 0.662. The lowest BCUT2D eigenvalue weighted by Gasteiger charge is -2.30. The Morgan fingerprint density at radius 3 is 2.79 bits per heavy atom. The van der Waals surface area contributed by atoms with Gasteiger partial charge in [-0.25, -0.2) is 0 Å². The molecule has 1 aliphatic heterocycles. The number of ketones is 1. The van der Waals surface area contributed by atoms with Gasteiger partial charge in [-0.15, -0.1) is 0 Å². The molecule has 0 aromatic rings. The number of hydrogen-bond donors (Lipinski definition) is 1. The second-order valence-corrected chi connectivity index (χ2v) is 4.14. The lowest BCUT2D eigenvalue weighted by atomic mass is 9.78. The molecule has 1 heterocycles. The van der Waals surface area contributed by atoms with Crippen LogP contribution >= 0.6 is 0 Å². The van der Waals surface area contributed by atoms with Crippen LogP contribution in [0, 0.1) is 5.92 Å². The van der Waals surface area contributed by atoms with Gasteiger partial charge in [-0.05, 0) is 37.7 Å². The summed E-state index contributed by atoms with van der Waals surface area (Å²) in [4.78, 5) is 11.8. The maximum absolute atomic E-state index is 11.8. The average molecular weight is 195 g/mol. The Bertz CT molecular complexity index is 256. The Morgan fingerprint density at radius 2 is 2.29 bits per heavy atom. The van der Waals surface area contributed by atoms with Crippen molar-refractivity contribution in [1.82, 2.24) is 0 Å². The number of ether oxygens (including phenoxy) is 1. The maximum atomic E-state index is 11.8. The highest BCUT2D eigenvalue weighted by Crippen LogP contribution is 2.30. The minimum atomic E-state index is -0.326. The third-order valence-corrected chi connectivity index (χ3v) is 3.14. The molecule has 1 atom stereocenters. The molecule has 1 saturated carbocycles. The molecule has 2 aliphatic rings. The van der Waals surface area contributed by atoms with Crippen LogP contribution in [-0.2, 0) is 9.53 Å². The van der Waals surface area contributed by atoms with Crippen molar-refractivity contribution in [2.45, 2.75) is 38.1 Å². The van der Waals surface area contributed by atoms with Crippen LogP contribution in [0.3, 0.4) is 0 Å². The van der Waals surface area contributed by atoms with E-state index in [4.69, 9.17) is 10.5 Å². The average Bonchev–Trinajstić information content (AvgIpc) is 2.15. The van der Waals surface area contributed by atoms with E-state index in [1.807, 2.05) is 6.08 Å². The van der Waals surface area contributed by atoms with Gasteiger partial charge in [-0.1, -0.05) is 6.42 Å². The zero-order chi connectivity index (χ0) is 9.97. The molecular formula is C11H17NO2. The lowest BCUT2D eigenvalue weighted by Crippen LogP contribution is -2.42. The van der Waals surface area contributed by atoms with E-state index < -0.39 is 0 Å². The molecule has 3 nitrogen and oxygen atoms in total. The Labute approximate surface area is 84.3 Å². The summed E-state index contributed by atoms with van der Waals surface area (Å²) in [5.74, 6) is 0.916. The Hall–Kier alpha value is -0.830. The van der Waals surface area contributed by atoms with Crippen molar-refractivity contribution in [3.05, 3.63) is 11.8 Å². The first-order chi connectivity index (χ1) is 6.79. The van der Waals surface area contributed by atoms with Gasteiger partial charge in [0.15, 0.2) is 5.76 Å². The van der Waals surface area contributed by atoms with E-state index in [1.54, 1.807) is 0 Å². The van der Waals surface area contributed by atoms with E-state index in [0.717, 1.165) is 25.7 Å². The van der Waals surface area contributed by atoms with E-state index in [0.29, 0.717) is 18.3 Å². The van der Waals surface area contributed by atoms with Crippen molar-refractivity contribution in [3.63, 3.8) is 0 Å². The number of nitrogens with two attached hydrogens (primary N) is 1. The Kier molecular flexibility index (Phi) is 2.87. The summed E-state index contributed by atoms with van der Waals surface area (Å²) in [6.07, 6.45) is 7.24. The highest BCUT2D eigenvalue weighted by atomic mass is 16.5. The van der Waals surface area contributed by atoms with Crippen molar-refractivity contribution in [2.75, 3.05) is 6.61 Å². The van der Waals surface area contributed by atoms with Crippen LogP contribution < -0.4 is 5.73 Å². The third-order valence-electron chi connectivity index (χ3n) is 3.14. The highest BCUT2D eigenvalue weighted by molar-refractivity contribution is 5.97. The zero-order valence-electron chi connectivity index (χ0n) is 8.37. The molecule has 2 N–H and O–H groups in total. The van der Waals surface area contributed by atoms with Gasteiger partial charge in [0.1, 0.15) is 0 Å². The summed E-state index contributed by atoms with van der Waals surface area (Å²) in [5.41, 5.74) is 5.88. The summed E-state index contributed by atoms with van der Waals surface area (Å²) in [6, 6.07) is -0.326. The van der Waals surface area contributed by atoms with E-state index in [1.165, 1.54) is 6.42 Å². The third kappa shape index (κ3) is 1.82. The smallest absolute Gasteiger partial charge is 0.213 e. The standard InChI is InChI=1S/C11H17NO2/c12-10(8-4-3-5-8)11(13)9-6-1-2-7-14-9/h6,8,10H,1-5,7,12H2. The van der Waals surface area contributed by atoms with Crippen LogP contribution in [0.25, 0.3) is 0 Å². The molecule has 1 fully saturated rings. The van der Waals surface area contributed by atoms with Crippen LogP contribution in [-0.4, -0.2) is 18.4 Å².